The molecule has 1 heterocycles. The summed E-state index contributed by atoms with van der Waals surface area (Å²) >= 11 is 0. The van der Waals surface area contributed by atoms with Crippen molar-refractivity contribution in [3.63, 3.8) is 0 Å². The zero-order valence-corrected chi connectivity index (χ0v) is 7.57. The quantitative estimate of drug-likeness (QED) is 0.592. The second-order valence-corrected chi connectivity index (χ2v) is 2.67. The summed E-state index contributed by atoms with van der Waals surface area (Å²) in [6, 6.07) is 0. The van der Waals surface area contributed by atoms with Crippen LogP contribution in [0, 0.1) is 0 Å². The second kappa shape index (κ2) is 4.02. The first kappa shape index (κ1) is 9.70. The molecule has 0 saturated heterocycles. The number of esters is 1. The Bertz CT molecular complexity index is 259. The van der Waals surface area contributed by atoms with Crippen LogP contribution in [0.15, 0.2) is 5.16 Å². The summed E-state index contributed by atoms with van der Waals surface area (Å²) in [5, 5.41) is 3.48. The highest BCUT2D eigenvalue weighted by atomic mass is 16.6. The van der Waals surface area contributed by atoms with Gasteiger partial charge in [0.15, 0.2) is 17.6 Å². The van der Waals surface area contributed by atoms with Gasteiger partial charge in [-0.25, -0.2) is 4.79 Å². The van der Waals surface area contributed by atoms with Gasteiger partial charge < -0.3 is 9.57 Å². The largest absolute Gasteiger partial charge is 0.461 e. The zero-order valence-electron chi connectivity index (χ0n) is 7.57. The Kier molecular flexibility index (Phi) is 3.00. The first-order chi connectivity index (χ1) is 6.15. The predicted molar refractivity (Wildman–Crippen MR) is 44.2 cm³/mol. The van der Waals surface area contributed by atoms with Gasteiger partial charge in [0.25, 0.3) is 0 Å². The van der Waals surface area contributed by atoms with Crippen LogP contribution < -0.4 is 0 Å². The van der Waals surface area contributed by atoms with E-state index in [0.29, 0.717) is 6.61 Å². The molecule has 0 aromatic rings. The Morgan fingerprint density at radius 3 is 2.85 bits per heavy atom. The fraction of sp³-hybridized carbons (Fsp3) is 0.625. The van der Waals surface area contributed by atoms with E-state index in [2.05, 4.69) is 5.16 Å². The van der Waals surface area contributed by atoms with Gasteiger partial charge in [0.1, 0.15) is 0 Å². The van der Waals surface area contributed by atoms with Crippen molar-refractivity contribution in [3.05, 3.63) is 0 Å². The van der Waals surface area contributed by atoms with Gasteiger partial charge in [-0.15, -0.1) is 0 Å². The SMILES string of the molecule is CCOC(=O)C1=NOC(C(C)=O)C1. The third-order valence-corrected chi connectivity index (χ3v) is 1.63. The van der Waals surface area contributed by atoms with E-state index in [9.17, 15) is 9.59 Å². The normalized spacial score (nSPS) is 20.5. The topological polar surface area (TPSA) is 65.0 Å². The lowest BCUT2D eigenvalue weighted by Crippen LogP contribution is -2.21. The molecule has 1 aliphatic heterocycles. The fourth-order valence-corrected chi connectivity index (χ4v) is 0.930. The van der Waals surface area contributed by atoms with Crippen LogP contribution in [0.5, 0.6) is 0 Å². The molecule has 0 fully saturated rings. The Hall–Kier alpha value is -1.39. The average Bonchev–Trinajstić information content (AvgIpc) is 2.52. The Morgan fingerprint density at radius 1 is 1.69 bits per heavy atom. The van der Waals surface area contributed by atoms with Gasteiger partial charge in [-0.1, -0.05) is 5.16 Å². The molecule has 1 rings (SSSR count). The highest BCUT2D eigenvalue weighted by Crippen LogP contribution is 2.12. The van der Waals surface area contributed by atoms with Crippen LogP contribution >= 0.6 is 0 Å². The molecular formula is C8H11NO4. The van der Waals surface area contributed by atoms with Crippen LogP contribution in [0.3, 0.4) is 0 Å². The number of oxime groups is 1. The van der Waals surface area contributed by atoms with E-state index >= 15 is 0 Å². The number of nitrogens with zero attached hydrogens (tertiary/aromatic N) is 1. The maximum Gasteiger partial charge on any atom is 0.356 e. The molecule has 0 aromatic heterocycles. The van der Waals surface area contributed by atoms with Gasteiger partial charge in [0, 0.05) is 6.42 Å². The van der Waals surface area contributed by atoms with E-state index < -0.39 is 12.1 Å². The summed E-state index contributed by atoms with van der Waals surface area (Å²) in [7, 11) is 0. The second-order valence-electron chi connectivity index (χ2n) is 2.67. The molecule has 0 amide bonds. The third-order valence-electron chi connectivity index (χ3n) is 1.63. The number of hydrogen-bond donors (Lipinski definition) is 0. The molecule has 1 aliphatic rings. The van der Waals surface area contributed by atoms with E-state index in [1.54, 1.807) is 6.92 Å². The molecule has 1 atom stereocenters. The van der Waals surface area contributed by atoms with Crippen LogP contribution in [0.4, 0.5) is 0 Å². The number of carbonyl (C=O) groups excluding carboxylic acids is 2. The van der Waals surface area contributed by atoms with Gasteiger partial charge in [0.05, 0.1) is 6.61 Å². The Morgan fingerprint density at radius 2 is 2.38 bits per heavy atom. The average molecular weight is 185 g/mol. The maximum absolute atomic E-state index is 11.1. The molecule has 5 heteroatoms. The minimum Gasteiger partial charge on any atom is -0.461 e. The maximum atomic E-state index is 11.1. The van der Waals surface area contributed by atoms with Crippen molar-refractivity contribution in [2.45, 2.75) is 26.4 Å². The molecule has 0 spiro atoms. The Balaban J connectivity index is 2.48. The smallest absolute Gasteiger partial charge is 0.356 e. The fourth-order valence-electron chi connectivity index (χ4n) is 0.930. The van der Waals surface area contributed by atoms with Crippen LogP contribution in [0.1, 0.15) is 20.3 Å². The zero-order chi connectivity index (χ0) is 9.84. The lowest BCUT2D eigenvalue weighted by atomic mass is 10.1. The van der Waals surface area contributed by atoms with Crippen molar-refractivity contribution in [2.24, 2.45) is 5.16 Å². The van der Waals surface area contributed by atoms with Crippen molar-refractivity contribution in [2.75, 3.05) is 6.61 Å². The molecular weight excluding hydrogens is 174 g/mol. The number of ketones is 1. The van der Waals surface area contributed by atoms with E-state index in [1.807, 2.05) is 0 Å². The molecule has 13 heavy (non-hydrogen) atoms. The lowest BCUT2D eigenvalue weighted by molar-refractivity contribution is -0.135. The summed E-state index contributed by atoms with van der Waals surface area (Å²) in [5.74, 6) is -0.644. The number of rotatable bonds is 3. The highest BCUT2D eigenvalue weighted by molar-refractivity contribution is 6.37. The molecule has 0 radical (unpaired) electrons. The van der Waals surface area contributed by atoms with Gasteiger partial charge in [-0.3, -0.25) is 4.79 Å². The van der Waals surface area contributed by atoms with Crippen LogP contribution in [-0.2, 0) is 19.2 Å². The van der Waals surface area contributed by atoms with Crippen LogP contribution in [-0.4, -0.2) is 30.2 Å². The molecule has 0 aliphatic carbocycles. The molecule has 5 nitrogen and oxygen atoms in total. The minimum atomic E-state index is -0.612. The summed E-state index contributed by atoms with van der Waals surface area (Å²) in [4.78, 5) is 26.6. The standard InChI is InChI=1S/C8H11NO4/c1-3-12-8(11)6-4-7(5(2)10)13-9-6/h7H,3-4H2,1-2H3. The van der Waals surface area contributed by atoms with Gasteiger partial charge in [-0.05, 0) is 13.8 Å². The summed E-state index contributed by atoms with van der Waals surface area (Å²) in [5.41, 5.74) is 0.182. The Labute approximate surface area is 75.7 Å². The molecule has 0 N–H and O–H groups in total. The first-order valence-corrected chi connectivity index (χ1v) is 4.05. The van der Waals surface area contributed by atoms with E-state index in [0.717, 1.165) is 0 Å². The van der Waals surface area contributed by atoms with Gasteiger partial charge in [0.2, 0.25) is 0 Å². The number of ether oxygens (including phenoxy) is 1. The number of Topliss-reactive ketones (excluding diaryl/α,β-unsaturated/α-hetero) is 1. The number of carbonyl (C=O) groups is 2. The third kappa shape index (κ3) is 2.27. The van der Waals surface area contributed by atoms with E-state index in [-0.39, 0.29) is 17.9 Å². The van der Waals surface area contributed by atoms with E-state index in [1.165, 1.54) is 6.92 Å². The highest BCUT2D eigenvalue weighted by Gasteiger charge is 2.29. The van der Waals surface area contributed by atoms with Crippen molar-refractivity contribution >= 4 is 17.5 Å². The first-order valence-electron chi connectivity index (χ1n) is 4.05. The van der Waals surface area contributed by atoms with Crippen LogP contribution in [0.2, 0.25) is 0 Å². The number of hydrogen-bond acceptors (Lipinski definition) is 5. The van der Waals surface area contributed by atoms with Gasteiger partial charge in [-0.2, -0.15) is 0 Å². The summed E-state index contributed by atoms with van der Waals surface area (Å²) < 4.78 is 4.69. The lowest BCUT2D eigenvalue weighted by Gasteiger charge is -2.00. The molecule has 0 saturated carbocycles. The van der Waals surface area contributed by atoms with E-state index in [4.69, 9.17) is 9.57 Å². The summed E-state index contributed by atoms with van der Waals surface area (Å²) in [6.45, 7) is 3.40. The van der Waals surface area contributed by atoms with Crippen molar-refractivity contribution in [1.82, 2.24) is 0 Å². The molecule has 0 aromatic carbocycles. The van der Waals surface area contributed by atoms with Crippen molar-refractivity contribution in [3.8, 4) is 0 Å². The summed E-state index contributed by atoms with van der Waals surface area (Å²) in [6.07, 6.45) is -0.395. The van der Waals surface area contributed by atoms with Crippen LogP contribution in [0.25, 0.3) is 0 Å². The van der Waals surface area contributed by atoms with Crippen molar-refractivity contribution < 1.29 is 19.2 Å². The van der Waals surface area contributed by atoms with Gasteiger partial charge >= 0.3 is 5.97 Å². The monoisotopic (exact) mass is 185 g/mol. The minimum absolute atomic E-state index is 0.136. The van der Waals surface area contributed by atoms with Crippen molar-refractivity contribution in [1.29, 1.82) is 0 Å². The molecule has 0 bridgehead atoms. The molecule has 1 unspecified atom stereocenters. The predicted octanol–water partition coefficient (Wildman–Crippen LogP) is 0.283. The molecule has 72 valence electrons.